The van der Waals surface area contributed by atoms with Crippen LogP contribution < -0.4 is 0 Å². The van der Waals surface area contributed by atoms with E-state index in [0.717, 1.165) is 4.63 Å². The Bertz CT molecular complexity index is 174. The van der Waals surface area contributed by atoms with Crippen LogP contribution in [0.25, 0.3) is 0 Å². The van der Waals surface area contributed by atoms with Crippen molar-refractivity contribution in [3.63, 3.8) is 0 Å². The Balaban J connectivity index is -0.000000403. The van der Waals surface area contributed by atoms with E-state index in [1.807, 2.05) is 0 Å². The van der Waals surface area contributed by atoms with Crippen molar-refractivity contribution in [2.75, 3.05) is 0 Å². The summed E-state index contributed by atoms with van der Waals surface area (Å²) in [5.74, 6) is 0. The molecule has 0 saturated carbocycles. The van der Waals surface area contributed by atoms with E-state index in [9.17, 15) is 0 Å². The predicted molar refractivity (Wildman–Crippen MR) is 67.9 cm³/mol. The standard InChI is InChI=1S/C5H5.C5H11.3ClH.V/c1-2-4-5-3-1;1-3-5-4-2;;;;/h1-3H,4H2;5H,3-4H2,1-2H3;3*1H;. The zero-order chi connectivity index (χ0) is 8.10. The Labute approximate surface area is 113 Å². The first kappa shape index (κ1) is 20.4. The molecule has 85 valence electrons. The van der Waals surface area contributed by atoms with E-state index in [-0.39, 0.29) is 37.2 Å². The maximum atomic E-state index is 2.32. The van der Waals surface area contributed by atoms with Gasteiger partial charge in [0.1, 0.15) is 0 Å². The molecule has 0 nitrogen and oxygen atoms in total. The molecular formula is C10H19Cl3V. The normalized spacial score (nSPS) is 12.4. The van der Waals surface area contributed by atoms with E-state index in [2.05, 4.69) is 32.1 Å². The third kappa shape index (κ3) is 7.26. The molecule has 1 aliphatic carbocycles. The Morgan fingerprint density at radius 2 is 1.79 bits per heavy atom. The SMILES string of the molecule is CC[CH](CC)[V][C]1=CC=CC1.Cl.Cl.Cl. The summed E-state index contributed by atoms with van der Waals surface area (Å²) >= 11 is 0.497. The van der Waals surface area contributed by atoms with E-state index < -0.39 is 0 Å². The van der Waals surface area contributed by atoms with Gasteiger partial charge in [-0.05, 0) is 0 Å². The topological polar surface area (TPSA) is 0 Å². The van der Waals surface area contributed by atoms with Crippen LogP contribution in [-0.4, -0.2) is 0 Å². The fourth-order valence-corrected chi connectivity index (χ4v) is 3.14. The molecule has 0 atom stereocenters. The maximum absolute atomic E-state index is 2.32. The van der Waals surface area contributed by atoms with Gasteiger partial charge in [-0.25, -0.2) is 0 Å². The van der Waals surface area contributed by atoms with E-state index in [1.54, 1.807) is 4.28 Å². The summed E-state index contributed by atoms with van der Waals surface area (Å²) in [5.41, 5.74) is 0. The molecule has 0 N–H and O–H groups in total. The first-order valence-electron chi connectivity index (χ1n) is 4.43. The summed E-state index contributed by atoms with van der Waals surface area (Å²) < 4.78 is 2.73. The molecule has 0 bridgehead atoms. The first-order chi connectivity index (χ1) is 5.36. The average molecular weight is 297 g/mol. The van der Waals surface area contributed by atoms with Crippen molar-refractivity contribution in [1.29, 1.82) is 0 Å². The van der Waals surface area contributed by atoms with Crippen molar-refractivity contribution in [3.05, 3.63) is 22.5 Å². The monoisotopic (exact) mass is 295 g/mol. The van der Waals surface area contributed by atoms with Gasteiger partial charge in [-0.15, -0.1) is 37.2 Å². The van der Waals surface area contributed by atoms with Crippen LogP contribution >= 0.6 is 37.2 Å². The van der Waals surface area contributed by atoms with Gasteiger partial charge in [-0.1, -0.05) is 0 Å². The Hall–Kier alpha value is 0.934. The van der Waals surface area contributed by atoms with Crippen molar-refractivity contribution in [3.8, 4) is 0 Å². The summed E-state index contributed by atoms with van der Waals surface area (Å²) in [6.45, 7) is 4.62. The van der Waals surface area contributed by atoms with E-state index in [1.165, 1.54) is 19.3 Å². The molecule has 1 aliphatic rings. The van der Waals surface area contributed by atoms with Gasteiger partial charge in [0.2, 0.25) is 0 Å². The van der Waals surface area contributed by atoms with Crippen LogP contribution in [0.4, 0.5) is 0 Å². The van der Waals surface area contributed by atoms with Crippen LogP contribution in [0, 0.1) is 0 Å². The third-order valence-electron chi connectivity index (χ3n) is 2.04. The number of rotatable bonds is 4. The van der Waals surface area contributed by atoms with Gasteiger partial charge in [0.25, 0.3) is 0 Å². The molecule has 0 radical (unpaired) electrons. The quantitative estimate of drug-likeness (QED) is 0.700. The van der Waals surface area contributed by atoms with Gasteiger partial charge >= 0.3 is 76.5 Å². The molecule has 0 aromatic heterocycles. The van der Waals surface area contributed by atoms with E-state index in [0.29, 0.717) is 16.3 Å². The van der Waals surface area contributed by atoms with Crippen molar-refractivity contribution >= 4 is 37.2 Å². The van der Waals surface area contributed by atoms with Crippen LogP contribution in [0.15, 0.2) is 22.5 Å². The van der Waals surface area contributed by atoms with Crippen LogP contribution in [-0.2, 0) is 16.3 Å². The second-order valence-electron chi connectivity index (χ2n) is 2.89. The van der Waals surface area contributed by atoms with E-state index >= 15 is 0 Å². The number of hydrogen-bond acceptors (Lipinski definition) is 0. The molecule has 0 heterocycles. The Morgan fingerprint density at radius 3 is 2.14 bits per heavy atom. The van der Waals surface area contributed by atoms with Crippen molar-refractivity contribution in [1.82, 2.24) is 0 Å². The van der Waals surface area contributed by atoms with Gasteiger partial charge in [0.05, 0.1) is 0 Å². The minimum atomic E-state index is 0. The number of allylic oxidation sites excluding steroid dienone is 4. The smallest absolute Gasteiger partial charge is 0.147 e. The third-order valence-corrected chi connectivity index (χ3v) is 4.79. The van der Waals surface area contributed by atoms with Gasteiger partial charge in [0, 0.05) is 0 Å². The fourth-order valence-electron chi connectivity index (χ4n) is 1.24. The van der Waals surface area contributed by atoms with Crippen molar-refractivity contribution in [2.24, 2.45) is 0 Å². The molecule has 0 saturated heterocycles. The molecule has 0 unspecified atom stereocenters. The molecule has 14 heavy (non-hydrogen) atoms. The second-order valence-corrected chi connectivity index (χ2v) is 5.33. The van der Waals surface area contributed by atoms with Crippen LogP contribution in [0.3, 0.4) is 0 Å². The zero-order valence-electron chi connectivity index (χ0n) is 8.60. The van der Waals surface area contributed by atoms with Crippen molar-refractivity contribution < 1.29 is 16.3 Å². The number of halogens is 3. The zero-order valence-corrected chi connectivity index (χ0v) is 12.4. The number of hydrogen-bond donors (Lipinski definition) is 0. The van der Waals surface area contributed by atoms with Crippen LogP contribution in [0.1, 0.15) is 33.1 Å². The largest absolute Gasteiger partial charge is 0.147 e. The fraction of sp³-hybridized carbons (Fsp3) is 0.600. The molecule has 0 fully saturated rings. The van der Waals surface area contributed by atoms with E-state index in [4.69, 9.17) is 0 Å². The second kappa shape index (κ2) is 12.0. The first-order valence-corrected chi connectivity index (χ1v) is 5.93. The molecule has 0 aromatic rings. The van der Waals surface area contributed by atoms with Crippen LogP contribution in [0.5, 0.6) is 0 Å². The van der Waals surface area contributed by atoms with Gasteiger partial charge in [0.15, 0.2) is 0 Å². The Morgan fingerprint density at radius 1 is 1.21 bits per heavy atom. The average Bonchev–Trinajstić information content (AvgIpc) is 2.52. The molecule has 4 heteroatoms. The Kier molecular flexibility index (Phi) is 17.5. The van der Waals surface area contributed by atoms with Gasteiger partial charge in [-0.2, -0.15) is 0 Å². The molecule has 1 rings (SSSR count). The summed E-state index contributed by atoms with van der Waals surface area (Å²) in [5, 5.41) is 0. The minimum absolute atomic E-state index is 0. The summed E-state index contributed by atoms with van der Waals surface area (Å²) in [6.07, 6.45) is 10.8. The summed E-state index contributed by atoms with van der Waals surface area (Å²) in [4.78, 5) is 0. The predicted octanol–water partition coefficient (Wildman–Crippen LogP) is 4.79. The molecule has 0 spiro atoms. The minimum Gasteiger partial charge on any atom is -0.147 e. The van der Waals surface area contributed by atoms with Crippen molar-refractivity contribution in [2.45, 2.75) is 37.7 Å². The molecule has 0 aromatic carbocycles. The molecule has 0 aliphatic heterocycles. The summed E-state index contributed by atoms with van der Waals surface area (Å²) in [6, 6.07) is 0. The van der Waals surface area contributed by atoms with Crippen LogP contribution in [0.2, 0.25) is 4.63 Å². The summed E-state index contributed by atoms with van der Waals surface area (Å²) in [7, 11) is 0. The van der Waals surface area contributed by atoms with Gasteiger partial charge in [-0.3, -0.25) is 0 Å². The molecular weight excluding hydrogens is 277 g/mol. The maximum Gasteiger partial charge on any atom is -0.147 e. The van der Waals surface area contributed by atoms with Gasteiger partial charge < -0.3 is 0 Å². The molecule has 0 amide bonds.